The normalized spacial score (nSPS) is 10.8. The monoisotopic (exact) mass is 480 g/mol. The molecule has 0 aliphatic heterocycles. The van der Waals surface area contributed by atoms with Crippen LogP contribution in [0, 0.1) is 11.6 Å². The number of anilines is 2. The van der Waals surface area contributed by atoms with Gasteiger partial charge in [0.1, 0.15) is 23.0 Å². The molecule has 0 atom stereocenters. The third-order valence-electron chi connectivity index (χ3n) is 5.49. The number of aromatic nitrogens is 2. The van der Waals surface area contributed by atoms with Gasteiger partial charge in [0.05, 0.1) is 31.8 Å². The number of ether oxygens (including phenoxy) is 2. The molecular weight excluding hydrogens is 458 g/mol. The number of halogens is 2. The lowest BCUT2D eigenvalue weighted by Gasteiger charge is -2.09. The molecule has 35 heavy (non-hydrogen) atoms. The molecule has 2 heterocycles. The summed E-state index contributed by atoms with van der Waals surface area (Å²) in [6.07, 6.45) is 1.51. The number of carbonyl (C=O) groups excluding carboxylic acids is 2. The van der Waals surface area contributed by atoms with Crippen LogP contribution in [0.25, 0.3) is 11.0 Å². The second-order valence-electron chi connectivity index (χ2n) is 7.64. The van der Waals surface area contributed by atoms with Crippen molar-refractivity contribution in [3.63, 3.8) is 0 Å². The van der Waals surface area contributed by atoms with E-state index in [-0.39, 0.29) is 23.5 Å². The van der Waals surface area contributed by atoms with E-state index in [2.05, 4.69) is 15.6 Å². The molecule has 2 N–H and O–H groups in total. The summed E-state index contributed by atoms with van der Waals surface area (Å²) in [7, 11) is 4.40. The first-order valence-corrected chi connectivity index (χ1v) is 10.5. The quantitative estimate of drug-likeness (QED) is 0.378. The molecule has 0 saturated carbocycles. The number of pyridine rings is 1. The van der Waals surface area contributed by atoms with Crippen molar-refractivity contribution in [3.8, 4) is 5.75 Å². The molecular formula is C25H22F2N4O4. The zero-order valence-electron chi connectivity index (χ0n) is 19.2. The van der Waals surface area contributed by atoms with Gasteiger partial charge in [-0.2, -0.15) is 0 Å². The van der Waals surface area contributed by atoms with Crippen molar-refractivity contribution in [2.45, 2.75) is 6.54 Å². The zero-order valence-corrected chi connectivity index (χ0v) is 19.2. The van der Waals surface area contributed by atoms with Crippen molar-refractivity contribution in [1.82, 2.24) is 9.55 Å². The van der Waals surface area contributed by atoms with Crippen LogP contribution in [0.5, 0.6) is 5.75 Å². The van der Waals surface area contributed by atoms with Gasteiger partial charge in [0.2, 0.25) is 0 Å². The Labute approximate surface area is 199 Å². The summed E-state index contributed by atoms with van der Waals surface area (Å²) in [5.74, 6) is -1.84. The van der Waals surface area contributed by atoms with Crippen molar-refractivity contribution >= 4 is 34.3 Å². The molecule has 0 saturated heterocycles. The van der Waals surface area contributed by atoms with Crippen molar-refractivity contribution in [1.29, 1.82) is 0 Å². The van der Waals surface area contributed by atoms with Gasteiger partial charge in [0.15, 0.2) is 5.69 Å². The van der Waals surface area contributed by atoms with Gasteiger partial charge in [-0.05, 0) is 36.4 Å². The molecule has 8 nitrogen and oxygen atoms in total. The molecule has 1 amide bonds. The summed E-state index contributed by atoms with van der Waals surface area (Å²) in [5, 5.41) is 6.29. The van der Waals surface area contributed by atoms with Crippen LogP contribution in [0.4, 0.5) is 20.2 Å². The average molecular weight is 480 g/mol. The van der Waals surface area contributed by atoms with Crippen LogP contribution in [0.15, 0.2) is 54.7 Å². The highest BCUT2D eigenvalue weighted by atomic mass is 19.1. The first-order valence-electron chi connectivity index (χ1n) is 10.5. The Morgan fingerprint density at radius 1 is 1.06 bits per heavy atom. The van der Waals surface area contributed by atoms with E-state index < -0.39 is 23.5 Å². The molecule has 2 aromatic carbocycles. The summed E-state index contributed by atoms with van der Waals surface area (Å²) in [4.78, 5) is 29.9. The average Bonchev–Trinajstić information content (AvgIpc) is 3.13. The summed E-state index contributed by atoms with van der Waals surface area (Å²) < 4.78 is 38.7. The first kappa shape index (κ1) is 23.7. The van der Waals surface area contributed by atoms with Crippen LogP contribution in [-0.2, 0) is 18.3 Å². The number of benzene rings is 2. The fraction of sp³-hybridized carbons (Fsp3) is 0.160. The Bertz CT molecular complexity index is 1420. The third kappa shape index (κ3) is 4.77. The number of rotatable bonds is 7. The molecule has 10 heteroatoms. The lowest BCUT2D eigenvalue weighted by molar-refractivity contribution is 0.0591. The number of fused-ring (bicyclic) bond motifs is 1. The first-order chi connectivity index (χ1) is 16.8. The second-order valence-corrected chi connectivity index (χ2v) is 7.64. The minimum atomic E-state index is -0.674. The van der Waals surface area contributed by atoms with Crippen molar-refractivity contribution in [2.24, 2.45) is 7.05 Å². The topological polar surface area (TPSA) is 94.5 Å². The molecule has 0 bridgehead atoms. The van der Waals surface area contributed by atoms with E-state index in [4.69, 9.17) is 9.47 Å². The highest BCUT2D eigenvalue weighted by Crippen LogP contribution is 2.32. The molecule has 0 radical (unpaired) electrons. The standard InChI is InChI=1S/C25H22F2N4O4/c1-31-22(25(33)35-3)21(30-24(32)14-5-8-18(34-2)9-6-14)19-11-17(13-29-23(19)31)28-12-15-4-7-16(26)10-20(15)27/h4-11,13,28H,12H2,1-3H3,(H,30,32). The Morgan fingerprint density at radius 3 is 2.46 bits per heavy atom. The van der Waals surface area contributed by atoms with Crippen molar-refractivity contribution < 1.29 is 27.8 Å². The number of aryl methyl sites for hydroxylation is 1. The third-order valence-corrected chi connectivity index (χ3v) is 5.49. The minimum absolute atomic E-state index is 0.0729. The number of methoxy groups -OCH3 is 2. The molecule has 180 valence electrons. The Balaban J connectivity index is 1.70. The Hall–Kier alpha value is -4.47. The summed E-state index contributed by atoms with van der Waals surface area (Å²) in [6.45, 7) is 0.0729. The summed E-state index contributed by atoms with van der Waals surface area (Å²) >= 11 is 0. The van der Waals surface area contributed by atoms with Gasteiger partial charge in [-0.3, -0.25) is 4.79 Å². The van der Waals surface area contributed by atoms with Crippen LogP contribution in [0.2, 0.25) is 0 Å². The van der Waals surface area contributed by atoms with Crippen LogP contribution in [0.3, 0.4) is 0 Å². The molecule has 0 spiro atoms. The van der Waals surface area contributed by atoms with E-state index in [1.807, 2.05) is 0 Å². The SMILES string of the molecule is COC(=O)c1c(NC(=O)c2ccc(OC)cc2)c2cc(NCc3ccc(F)cc3F)cnc2n1C. The van der Waals surface area contributed by atoms with Gasteiger partial charge in [-0.15, -0.1) is 0 Å². The zero-order chi connectivity index (χ0) is 25.1. The van der Waals surface area contributed by atoms with E-state index in [0.717, 1.165) is 6.07 Å². The van der Waals surface area contributed by atoms with Gasteiger partial charge in [-0.1, -0.05) is 6.07 Å². The van der Waals surface area contributed by atoms with E-state index in [0.29, 0.717) is 28.0 Å². The summed E-state index contributed by atoms with van der Waals surface area (Å²) in [5.41, 5.74) is 1.88. The maximum Gasteiger partial charge on any atom is 0.356 e. The molecule has 4 rings (SSSR count). The molecule has 4 aromatic rings. The lowest BCUT2D eigenvalue weighted by atomic mass is 10.1. The van der Waals surface area contributed by atoms with Gasteiger partial charge in [-0.25, -0.2) is 18.6 Å². The van der Waals surface area contributed by atoms with Crippen LogP contribution in [-0.4, -0.2) is 35.6 Å². The largest absolute Gasteiger partial charge is 0.497 e. The smallest absolute Gasteiger partial charge is 0.356 e. The number of carbonyl (C=O) groups is 2. The molecule has 2 aromatic heterocycles. The summed E-state index contributed by atoms with van der Waals surface area (Å²) in [6, 6.07) is 11.5. The lowest BCUT2D eigenvalue weighted by Crippen LogP contribution is -2.16. The number of esters is 1. The number of nitrogens with zero attached hydrogens (tertiary/aromatic N) is 2. The van der Waals surface area contributed by atoms with Crippen molar-refractivity contribution in [3.05, 3.63) is 83.2 Å². The molecule has 0 unspecified atom stereocenters. The highest BCUT2D eigenvalue weighted by Gasteiger charge is 2.25. The van der Waals surface area contributed by atoms with E-state index in [1.54, 1.807) is 37.4 Å². The van der Waals surface area contributed by atoms with E-state index >= 15 is 0 Å². The van der Waals surface area contributed by atoms with Gasteiger partial charge in [0, 0.05) is 36.2 Å². The fourth-order valence-electron chi connectivity index (χ4n) is 3.66. The van der Waals surface area contributed by atoms with Crippen LogP contribution >= 0.6 is 0 Å². The second kappa shape index (κ2) is 9.80. The maximum atomic E-state index is 14.0. The molecule has 0 aliphatic rings. The Morgan fingerprint density at radius 2 is 1.80 bits per heavy atom. The van der Waals surface area contributed by atoms with Crippen LogP contribution in [0.1, 0.15) is 26.4 Å². The predicted octanol–water partition coefficient (Wildman–Crippen LogP) is 4.51. The van der Waals surface area contributed by atoms with Crippen LogP contribution < -0.4 is 15.4 Å². The molecule has 0 aliphatic carbocycles. The number of amides is 1. The van der Waals surface area contributed by atoms with E-state index in [9.17, 15) is 18.4 Å². The van der Waals surface area contributed by atoms with E-state index in [1.165, 1.54) is 37.1 Å². The fourth-order valence-corrected chi connectivity index (χ4v) is 3.66. The Kier molecular flexibility index (Phi) is 6.63. The highest BCUT2D eigenvalue weighted by molar-refractivity contribution is 6.14. The molecule has 0 fully saturated rings. The van der Waals surface area contributed by atoms with Gasteiger partial charge in [0.25, 0.3) is 5.91 Å². The number of nitrogens with one attached hydrogen (secondary N) is 2. The predicted molar refractivity (Wildman–Crippen MR) is 127 cm³/mol. The number of hydrogen-bond donors (Lipinski definition) is 2. The van der Waals surface area contributed by atoms with Gasteiger partial charge >= 0.3 is 5.97 Å². The van der Waals surface area contributed by atoms with Gasteiger partial charge < -0.3 is 24.7 Å². The maximum absolute atomic E-state index is 14.0. The minimum Gasteiger partial charge on any atom is -0.497 e. The number of hydrogen-bond acceptors (Lipinski definition) is 6. The van der Waals surface area contributed by atoms with Crippen molar-refractivity contribution in [2.75, 3.05) is 24.9 Å².